The Kier molecular flexibility index (Phi) is 7.68. The second-order valence-corrected chi connectivity index (χ2v) is 6.38. The van der Waals surface area contributed by atoms with Crippen molar-refractivity contribution in [1.82, 2.24) is 5.32 Å². The third-order valence-electron chi connectivity index (χ3n) is 4.05. The molecule has 1 aliphatic heterocycles. The molecule has 1 saturated heterocycles. The third-order valence-corrected chi connectivity index (χ3v) is 4.05. The number of amides is 1. The average molecular weight is 409 g/mol. The molecule has 1 aromatic rings. The summed E-state index contributed by atoms with van der Waals surface area (Å²) in [6, 6.07) is 6.91. The molecule has 0 bridgehead atoms. The van der Waals surface area contributed by atoms with Gasteiger partial charge in [-0.2, -0.15) is 0 Å². The Morgan fingerprint density at radius 2 is 1.55 bits per heavy atom. The Bertz CT molecular complexity index is 751. The molecule has 0 saturated carbocycles. The first-order valence-electron chi connectivity index (χ1n) is 8.86. The van der Waals surface area contributed by atoms with Gasteiger partial charge in [-0.3, -0.25) is 19.2 Å². The van der Waals surface area contributed by atoms with Crippen molar-refractivity contribution in [3.63, 3.8) is 0 Å². The zero-order chi connectivity index (χ0) is 21.6. The fourth-order valence-electron chi connectivity index (χ4n) is 2.90. The maximum absolute atomic E-state index is 12.5. The van der Waals surface area contributed by atoms with Crippen LogP contribution >= 0.6 is 0 Å². The summed E-state index contributed by atoms with van der Waals surface area (Å²) in [5, 5.41) is 13.0. The molecule has 10 heteroatoms. The van der Waals surface area contributed by atoms with Crippen LogP contribution in [0.15, 0.2) is 30.3 Å². The first kappa shape index (κ1) is 22.3. The van der Waals surface area contributed by atoms with Gasteiger partial charge in [0.2, 0.25) is 0 Å². The summed E-state index contributed by atoms with van der Waals surface area (Å²) in [6.45, 7) is 3.08. The van der Waals surface area contributed by atoms with Crippen molar-refractivity contribution < 1.29 is 43.2 Å². The summed E-state index contributed by atoms with van der Waals surface area (Å²) in [4.78, 5) is 46.9. The van der Waals surface area contributed by atoms with Crippen molar-refractivity contribution >= 4 is 23.8 Å². The maximum Gasteiger partial charge on any atom is 0.303 e. The molecule has 10 nitrogen and oxygen atoms in total. The van der Waals surface area contributed by atoms with Crippen LogP contribution in [0.25, 0.3) is 0 Å². The number of carbonyl (C=O) groups excluding carboxylic acids is 4. The lowest BCUT2D eigenvalue weighted by Crippen LogP contribution is -2.66. The van der Waals surface area contributed by atoms with E-state index in [2.05, 4.69) is 5.32 Å². The first-order valence-corrected chi connectivity index (χ1v) is 8.86. The van der Waals surface area contributed by atoms with Gasteiger partial charge in [0.15, 0.2) is 18.5 Å². The zero-order valence-corrected chi connectivity index (χ0v) is 16.2. The molecule has 158 valence electrons. The van der Waals surface area contributed by atoms with Crippen LogP contribution in [-0.4, -0.2) is 66.2 Å². The van der Waals surface area contributed by atoms with Gasteiger partial charge in [0.25, 0.3) is 5.91 Å². The Labute approximate surface area is 167 Å². The number of carbonyl (C=O) groups is 4. The molecule has 0 aliphatic carbocycles. The highest BCUT2D eigenvalue weighted by atomic mass is 16.7. The van der Waals surface area contributed by atoms with E-state index in [0.29, 0.717) is 5.56 Å². The third kappa shape index (κ3) is 6.26. The van der Waals surface area contributed by atoms with E-state index >= 15 is 0 Å². The van der Waals surface area contributed by atoms with Gasteiger partial charge in [-0.05, 0) is 12.1 Å². The minimum atomic E-state index is -1.63. The van der Waals surface area contributed by atoms with Crippen molar-refractivity contribution in [2.24, 2.45) is 0 Å². The van der Waals surface area contributed by atoms with Crippen molar-refractivity contribution in [2.75, 3.05) is 6.61 Å². The van der Waals surface area contributed by atoms with E-state index in [-0.39, 0.29) is 6.61 Å². The summed E-state index contributed by atoms with van der Waals surface area (Å²) in [5.74, 6) is -2.62. The van der Waals surface area contributed by atoms with E-state index in [1.54, 1.807) is 30.3 Å². The van der Waals surface area contributed by atoms with Crippen molar-refractivity contribution in [2.45, 2.75) is 51.4 Å². The number of aliphatic hydroxyl groups excluding tert-OH is 1. The number of rotatable bonds is 6. The van der Waals surface area contributed by atoms with Crippen LogP contribution in [0.1, 0.15) is 31.1 Å². The minimum absolute atomic E-state index is 0.298. The smallest absolute Gasteiger partial charge is 0.303 e. The highest BCUT2D eigenvalue weighted by Crippen LogP contribution is 2.26. The molecule has 1 amide bonds. The monoisotopic (exact) mass is 409 g/mol. The van der Waals surface area contributed by atoms with E-state index in [1.165, 1.54) is 6.92 Å². The van der Waals surface area contributed by atoms with Gasteiger partial charge < -0.3 is 29.4 Å². The Balaban J connectivity index is 2.30. The zero-order valence-electron chi connectivity index (χ0n) is 16.2. The first-order chi connectivity index (χ1) is 13.7. The van der Waals surface area contributed by atoms with Gasteiger partial charge in [0.1, 0.15) is 18.8 Å². The second-order valence-electron chi connectivity index (χ2n) is 6.38. The summed E-state index contributed by atoms with van der Waals surface area (Å²) >= 11 is 0. The summed E-state index contributed by atoms with van der Waals surface area (Å²) in [6.07, 6.45) is -5.26. The standard InChI is InChI=1S/C19H23NO9/c1-10(21)26-9-14-16(27-11(2)22)17(28-12(3)23)15(19(25)29-14)20-18(24)13-7-5-4-6-8-13/h4-8,14-17,19,25H,9H2,1-3H3,(H,20,24)/t14?,15-,16+,17-,19?/m1/s1. The van der Waals surface area contributed by atoms with Gasteiger partial charge >= 0.3 is 17.9 Å². The fraction of sp³-hybridized carbons (Fsp3) is 0.474. The predicted molar refractivity (Wildman–Crippen MR) is 96.3 cm³/mol. The molecular weight excluding hydrogens is 386 g/mol. The number of hydrogen-bond acceptors (Lipinski definition) is 9. The molecule has 0 aromatic heterocycles. The number of ether oxygens (including phenoxy) is 4. The number of aliphatic hydroxyl groups is 1. The van der Waals surface area contributed by atoms with Crippen LogP contribution in [0.5, 0.6) is 0 Å². The van der Waals surface area contributed by atoms with Gasteiger partial charge in [0.05, 0.1) is 0 Å². The van der Waals surface area contributed by atoms with Crippen molar-refractivity contribution in [1.29, 1.82) is 0 Å². The van der Waals surface area contributed by atoms with Crippen LogP contribution in [0.2, 0.25) is 0 Å². The molecule has 1 heterocycles. The largest absolute Gasteiger partial charge is 0.463 e. The Hall–Kier alpha value is -2.98. The normalized spacial score (nSPS) is 26.1. The van der Waals surface area contributed by atoms with E-state index in [0.717, 1.165) is 13.8 Å². The van der Waals surface area contributed by atoms with E-state index in [1.807, 2.05) is 0 Å². The molecule has 5 atom stereocenters. The molecule has 0 radical (unpaired) electrons. The molecule has 1 fully saturated rings. The molecule has 2 N–H and O–H groups in total. The van der Waals surface area contributed by atoms with Crippen LogP contribution in [0.4, 0.5) is 0 Å². The summed E-state index contributed by atoms with van der Waals surface area (Å²) in [5.41, 5.74) is 0.298. The lowest BCUT2D eigenvalue weighted by molar-refractivity contribution is -0.263. The fourth-order valence-corrected chi connectivity index (χ4v) is 2.90. The summed E-state index contributed by atoms with van der Waals surface area (Å²) < 4.78 is 20.8. The molecule has 29 heavy (non-hydrogen) atoms. The Morgan fingerprint density at radius 3 is 2.10 bits per heavy atom. The van der Waals surface area contributed by atoms with Gasteiger partial charge in [-0.15, -0.1) is 0 Å². The molecule has 0 spiro atoms. The minimum Gasteiger partial charge on any atom is -0.463 e. The Morgan fingerprint density at radius 1 is 0.966 bits per heavy atom. The highest BCUT2D eigenvalue weighted by molar-refractivity contribution is 5.94. The van der Waals surface area contributed by atoms with Gasteiger partial charge in [0, 0.05) is 26.3 Å². The molecule has 1 aliphatic rings. The number of benzene rings is 1. The maximum atomic E-state index is 12.5. The molecular formula is C19H23NO9. The van der Waals surface area contributed by atoms with Crippen LogP contribution in [0, 0.1) is 0 Å². The van der Waals surface area contributed by atoms with Crippen LogP contribution < -0.4 is 5.32 Å². The highest BCUT2D eigenvalue weighted by Gasteiger charge is 2.50. The lowest BCUT2D eigenvalue weighted by atomic mass is 9.96. The molecule has 1 aromatic carbocycles. The van der Waals surface area contributed by atoms with Crippen molar-refractivity contribution in [3.8, 4) is 0 Å². The molecule has 2 unspecified atom stereocenters. The van der Waals surface area contributed by atoms with E-state index < -0.39 is 54.5 Å². The van der Waals surface area contributed by atoms with E-state index in [9.17, 15) is 24.3 Å². The SMILES string of the molecule is CC(=O)OCC1OC(O)[C@H](NC(=O)c2ccccc2)[C@@H](OC(C)=O)[C@H]1OC(C)=O. The lowest BCUT2D eigenvalue weighted by Gasteiger charge is -2.43. The van der Waals surface area contributed by atoms with Gasteiger partial charge in [-0.25, -0.2) is 0 Å². The van der Waals surface area contributed by atoms with E-state index in [4.69, 9.17) is 18.9 Å². The quantitative estimate of drug-likeness (QED) is 0.488. The van der Waals surface area contributed by atoms with Gasteiger partial charge in [-0.1, -0.05) is 18.2 Å². The predicted octanol–water partition coefficient (Wildman–Crippen LogP) is -0.0713. The van der Waals surface area contributed by atoms with Crippen LogP contribution in [0.3, 0.4) is 0 Å². The average Bonchev–Trinajstić information content (AvgIpc) is 2.65. The number of hydrogen-bond donors (Lipinski definition) is 2. The summed E-state index contributed by atoms with van der Waals surface area (Å²) in [7, 11) is 0. The number of esters is 3. The van der Waals surface area contributed by atoms with Crippen LogP contribution in [-0.2, 0) is 33.3 Å². The molecule has 2 rings (SSSR count). The topological polar surface area (TPSA) is 137 Å². The number of nitrogens with one attached hydrogen (secondary N) is 1. The second kappa shape index (κ2) is 9.99. The van der Waals surface area contributed by atoms with Crippen molar-refractivity contribution in [3.05, 3.63) is 35.9 Å².